The summed E-state index contributed by atoms with van der Waals surface area (Å²) in [6.07, 6.45) is 0.863. The standard InChI is InChI=1S/C19H19FN2O2/c1-23-12-4-6-17(24-2)15(10-12)18-19-13(7-8-21-18)14-9-11(20)3-5-16(14)22-19/h3-6,9-10,18,21-22H,7-8H2,1-2H3. The molecule has 2 aromatic carbocycles. The fourth-order valence-electron chi connectivity index (χ4n) is 3.53. The second-order valence-corrected chi connectivity index (χ2v) is 5.95. The second kappa shape index (κ2) is 5.83. The highest BCUT2D eigenvalue weighted by Crippen LogP contribution is 2.38. The van der Waals surface area contributed by atoms with Crippen molar-refractivity contribution in [1.29, 1.82) is 0 Å². The zero-order valence-corrected chi connectivity index (χ0v) is 13.7. The Bertz CT molecular complexity index is 904. The van der Waals surface area contributed by atoms with Crippen LogP contribution in [0.25, 0.3) is 10.9 Å². The van der Waals surface area contributed by atoms with Crippen molar-refractivity contribution in [2.45, 2.75) is 12.5 Å². The van der Waals surface area contributed by atoms with E-state index in [4.69, 9.17) is 9.47 Å². The van der Waals surface area contributed by atoms with Crippen molar-refractivity contribution in [2.24, 2.45) is 0 Å². The Balaban J connectivity index is 1.89. The van der Waals surface area contributed by atoms with Crippen LogP contribution in [0.15, 0.2) is 36.4 Å². The minimum Gasteiger partial charge on any atom is -0.497 e. The van der Waals surface area contributed by atoms with Gasteiger partial charge in [-0.05, 0) is 48.4 Å². The van der Waals surface area contributed by atoms with Gasteiger partial charge < -0.3 is 19.8 Å². The van der Waals surface area contributed by atoms with Crippen molar-refractivity contribution in [2.75, 3.05) is 20.8 Å². The molecule has 4 nitrogen and oxygen atoms in total. The summed E-state index contributed by atoms with van der Waals surface area (Å²) in [7, 11) is 3.31. The zero-order valence-electron chi connectivity index (χ0n) is 13.7. The molecule has 0 fully saturated rings. The number of H-pyrrole nitrogens is 1. The van der Waals surface area contributed by atoms with Crippen LogP contribution in [-0.4, -0.2) is 25.7 Å². The van der Waals surface area contributed by atoms with Crippen LogP contribution in [-0.2, 0) is 6.42 Å². The zero-order chi connectivity index (χ0) is 16.7. The number of ether oxygens (including phenoxy) is 2. The van der Waals surface area contributed by atoms with Crippen molar-refractivity contribution < 1.29 is 13.9 Å². The maximum Gasteiger partial charge on any atom is 0.124 e. The van der Waals surface area contributed by atoms with Crippen molar-refractivity contribution in [3.05, 3.63) is 59.0 Å². The lowest BCUT2D eigenvalue weighted by Crippen LogP contribution is -2.30. The van der Waals surface area contributed by atoms with E-state index >= 15 is 0 Å². The number of hydrogen-bond acceptors (Lipinski definition) is 3. The first kappa shape index (κ1) is 15.0. The van der Waals surface area contributed by atoms with Gasteiger partial charge in [-0.15, -0.1) is 0 Å². The molecule has 2 heterocycles. The summed E-state index contributed by atoms with van der Waals surface area (Å²) in [6, 6.07) is 10.6. The van der Waals surface area contributed by atoms with Gasteiger partial charge in [-0.3, -0.25) is 0 Å². The van der Waals surface area contributed by atoms with Crippen molar-refractivity contribution in [1.82, 2.24) is 10.3 Å². The van der Waals surface area contributed by atoms with Gasteiger partial charge in [0.05, 0.1) is 20.3 Å². The molecule has 5 heteroatoms. The number of aromatic amines is 1. The molecule has 0 radical (unpaired) electrons. The van der Waals surface area contributed by atoms with Crippen LogP contribution in [0.5, 0.6) is 11.5 Å². The Morgan fingerprint density at radius 1 is 1.08 bits per heavy atom. The van der Waals surface area contributed by atoms with E-state index in [2.05, 4.69) is 10.3 Å². The number of methoxy groups -OCH3 is 2. The third kappa shape index (κ3) is 2.32. The molecule has 4 rings (SSSR count). The predicted octanol–water partition coefficient (Wildman–Crippen LogP) is 3.56. The number of halogens is 1. The third-order valence-electron chi connectivity index (χ3n) is 4.66. The summed E-state index contributed by atoms with van der Waals surface area (Å²) in [5.74, 6) is 1.37. The molecule has 3 aromatic rings. The van der Waals surface area contributed by atoms with Crippen molar-refractivity contribution in [3.8, 4) is 11.5 Å². The molecule has 0 saturated heterocycles. The summed E-state index contributed by atoms with van der Waals surface area (Å²) in [6.45, 7) is 0.821. The van der Waals surface area contributed by atoms with Gasteiger partial charge in [-0.2, -0.15) is 0 Å². The van der Waals surface area contributed by atoms with E-state index < -0.39 is 0 Å². The van der Waals surface area contributed by atoms with Crippen LogP contribution in [0.4, 0.5) is 4.39 Å². The molecule has 0 bridgehead atoms. The van der Waals surface area contributed by atoms with E-state index in [0.717, 1.165) is 52.2 Å². The van der Waals surface area contributed by atoms with Crippen molar-refractivity contribution >= 4 is 10.9 Å². The molecule has 1 unspecified atom stereocenters. The number of fused-ring (bicyclic) bond motifs is 3. The van der Waals surface area contributed by atoms with Gasteiger partial charge in [0.25, 0.3) is 0 Å². The highest BCUT2D eigenvalue weighted by molar-refractivity contribution is 5.85. The van der Waals surface area contributed by atoms with Crippen LogP contribution < -0.4 is 14.8 Å². The first-order chi connectivity index (χ1) is 11.7. The molecule has 0 saturated carbocycles. The van der Waals surface area contributed by atoms with E-state index in [1.165, 1.54) is 6.07 Å². The van der Waals surface area contributed by atoms with E-state index in [-0.39, 0.29) is 11.9 Å². The lowest BCUT2D eigenvalue weighted by Gasteiger charge is -2.26. The number of aromatic nitrogens is 1. The first-order valence-electron chi connectivity index (χ1n) is 7.96. The van der Waals surface area contributed by atoms with Crippen LogP contribution in [0, 0.1) is 5.82 Å². The molecule has 124 valence electrons. The van der Waals surface area contributed by atoms with Gasteiger partial charge in [-0.1, -0.05) is 0 Å². The number of rotatable bonds is 3. The maximum absolute atomic E-state index is 13.7. The largest absolute Gasteiger partial charge is 0.497 e. The van der Waals surface area contributed by atoms with Crippen molar-refractivity contribution in [3.63, 3.8) is 0 Å². The molecule has 24 heavy (non-hydrogen) atoms. The Morgan fingerprint density at radius 2 is 1.96 bits per heavy atom. The summed E-state index contributed by atoms with van der Waals surface area (Å²) < 4.78 is 24.6. The topological polar surface area (TPSA) is 46.3 Å². The normalized spacial score (nSPS) is 16.9. The average Bonchev–Trinajstić information content (AvgIpc) is 2.99. The van der Waals surface area contributed by atoms with Crippen LogP contribution in [0.2, 0.25) is 0 Å². The molecule has 1 aliphatic rings. The minimum atomic E-state index is -0.210. The molecule has 0 aliphatic carbocycles. The van der Waals surface area contributed by atoms with Crippen LogP contribution in [0.3, 0.4) is 0 Å². The maximum atomic E-state index is 13.7. The minimum absolute atomic E-state index is 0.0470. The number of hydrogen-bond donors (Lipinski definition) is 2. The van der Waals surface area contributed by atoms with Crippen LogP contribution in [0.1, 0.15) is 22.9 Å². The molecule has 1 aromatic heterocycles. The predicted molar refractivity (Wildman–Crippen MR) is 91.4 cm³/mol. The summed E-state index contributed by atoms with van der Waals surface area (Å²) in [4.78, 5) is 3.46. The molecular formula is C19H19FN2O2. The number of benzene rings is 2. The molecular weight excluding hydrogens is 307 g/mol. The highest BCUT2D eigenvalue weighted by atomic mass is 19.1. The fourth-order valence-corrected chi connectivity index (χ4v) is 3.53. The summed E-state index contributed by atoms with van der Waals surface area (Å²) in [5, 5.41) is 4.49. The van der Waals surface area contributed by atoms with Gasteiger partial charge in [-0.25, -0.2) is 4.39 Å². The van der Waals surface area contributed by atoms with E-state index in [1.807, 2.05) is 18.2 Å². The Kier molecular flexibility index (Phi) is 3.65. The Morgan fingerprint density at radius 3 is 2.75 bits per heavy atom. The molecule has 0 spiro atoms. The fraction of sp³-hybridized carbons (Fsp3) is 0.263. The Labute approximate surface area is 139 Å². The van der Waals surface area contributed by atoms with Gasteiger partial charge in [0, 0.05) is 28.7 Å². The van der Waals surface area contributed by atoms with E-state index in [9.17, 15) is 4.39 Å². The summed E-state index contributed by atoms with van der Waals surface area (Å²) in [5.41, 5.74) is 4.19. The first-order valence-corrected chi connectivity index (χ1v) is 7.96. The molecule has 1 atom stereocenters. The molecule has 2 N–H and O–H groups in total. The van der Waals surface area contributed by atoms with E-state index in [1.54, 1.807) is 26.4 Å². The van der Waals surface area contributed by atoms with Gasteiger partial charge >= 0.3 is 0 Å². The summed E-state index contributed by atoms with van der Waals surface area (Å²) >= 11 is 0. The lowest BCUT2D eigenvalue weighted by molar-refractivity contribution is 0.392. The average molecular weight is 326 g/mol. The second-order valence-electron chi connectivity index (χ2n) is 5.95. The van der Waals surface area contributed by atoms with Gasteiger partial charge in [0.2, 0.25) is 0 Å². The number of nitrogens with one attached hydrogen (secondary N) is 2. The van der Waals surface area contributed by atoms with Gasteiger partial charge in [0.15, 0.2) is 0 Å². The SMILES string of the molecule is COc1ccc(OC)c(C2NCCc3c2[nH]c2ccc(F)cc32)c1. The third-order valence-corrected chi connectivity index (χ3v) is 4.66. The smallest absolute Gasteiger partial charge is 0.124 e. The molecule has 1 aliphatic heterocycles. The molecule has 0 amide bonds. The van der Waals surface area contributed by atoms with Crippen LogP contribution >= 0.6 is 0 Å². The van der Waals surface area contributed by atoms with Gasteiger partial charge in [0.1, 0.15) is 17.3 Å². The lowest BCUT2D eigenvalue weighted by atomic mass is 9.93. The highest BCUT2D eigenvalue weighted by Gasteiger charge is 2.27. The Hall–Kier alpha value is -2.53. The quantitative estimate of drug-likeness (QED) is 0.774. The monoisotopic (exact) mass is 326 g/mol. The van der Waals surface area contributed by atoms with E-state index in [0.29, 0.717) is 0 Å².